The van der Waals surface area contributed by atoms with E-state index in [2.05, 4.69) is 62.3 Å². The lowest BCUT2D eigenvalue weighted by molar-refractivity contribution is 0.402. The smallest absolute Gasteiger partial charge is 0.227 e. The number of nitrogens with one attached hydrogen (secondary N) is 1. The first-order valence-corrected chi connectivity index (χ1v) is 6.84. The molecule has 0 aliphatic rings. The van der Waals surface area contributed by atoms with Gasteiger partial charge in [-0.2, -0.15) is 0 Å². The molecule has 1 aromatic heterocycles. The van der Waals surface area contributed by atoms with Crippen molar-refractivity contribution in [2.75, 3.05) is 19.4 Å². The zero-order chi connectivity index (χ0) is 13.8. The molecule has 0 bridgehead atoms. The maximum absolute atomic E-state index is 4.36. The van der Waals surface area contributed by atoms with Gasteiger partial charge in [0.15, 0.2) is 0 Å². The molecule has 0 aliphatic heterocycles. The summed E-state index contributed by atoms with van der Waals surface area (Å²) in [6.45, 7) is 2.88. The lowest BCUT2D eigenvalue weighted by Gasteiger charge is -2.10. The quantitative estimate of drug-likeness (QED) is 0.938. The number of nitrogens with zero attached hydrogens (tertiary/aromatic N) is 3. The van der Waals surface area contributed by atoms with Crippen molar-refractivity contribution in [2.24, 2.45) is 0 Å². The van der Waals surface area contributed by atoms with Crippen molar-refractivity contribution >= 4 is 27.6 Å². The van der Waals surface area contributed by atoms with Crippen molar-refractivity contribution in [2.45, 2.75) is 13.5 Å². The number of halogens is 1. The Balaban J connectivity index is 2.08. The van der Waals surface area contributed by atoms with Gasteiger partial charge < -0.3 is 10.2 Å². The molecule has 0 spiro atoms. The molecule has 1 heterocycles. The van der Waals surface area contributed by atoms with E-state index < -0.39 is 0 Å². The summed E-state index contributed by atoms with van der Waals surface area (Å²) in [4.78, 5) is 10.7. The van der Waals surface area contributed by atoms with Crippen LogP contribution < -0.4 is 5.32 Å². The summed E-state index contributed by atoms with van der Waals surface area (Å²) < 4.78 is 0.916. The van der Waals surface area contributed by atoms with E-state index in [0.717, 1.165) is 22.4 Å². The Morgan fingerprint density at radius 3 is 2.47 bits per heavy atom. The molecule has 0 saturated heterocycles. The maximum Gasteiger partial charge on any atom is 0.227 e. The highest BCUT2D eigenvalue weighted by molar-refractivity contribution is 9.10. The lowest BCUT2D eigenvalue weighted by atomic mass is 10.2. The van der Waals surface area contributed by atoms with Gasteiger partial charge in [0.25, 0.3) is 0 Å². The van der Waals surface area contributed by atoms with Gasteiger partial charge in [-0.15, -0.1) is 0 Å². The maximum atomic E-state index is 4.36. The van der Waals surface area contributed by atoms with Gasteiger partial charge in [-0.05, 0) is 54.6 Å². The van der Waals surface area contributed by atoms with Gasteiger partial charge in [-0.3, -0.25) is 0 Å². The molecule has 4 nitrogen and oxygen atoms in total. The van der Waals surface area contributed by atoms with Crippen molar-refractivity contribution < 1.29 is 0 Å². The van der Waals surface area contributed by atoms with Gasteiger partial charge in [0.1, 0.15) is 0 Å². The summed E-state index contributed by atoms with van der Waals surface area (Å²) in [7, 11) is 4.12. The molecule has 2 rings (SSSR count). The second-order valence-corrected chi connectivity index (χ2v) is 5.54. The van der Waals surface area contributed by atoms with E-state index in [1.165, 1.54) is 5.56 Å². The van der Waals surface area contributed by atoms with E-state index >= 15 is 0 Å². The van der Waals surface area contributed by atoms with Crippen molar-refractivity contribution in [3.8, 4) is 0 Å². The fourth-order valence-electron chi connectivity index (χ4n) is 1.70. The summed E-state index contributed by atoms with van der Waals surface area (Å²) in [5.41, 5.74) is 3.19. The lowest BCUT2D eigenvalue weighted by Crippen LogP contribution is -2.10. The fourth-order valence-corrected chi connectivity index (χ4v) is 1.89. The molecular weight excluding hydrogens is 304 g/mol. The van der Waals surface area contributed by atoms with Gasteiger partial charge in [0.2, 0.25) is 5.95 Å². The van der Waals surface area contributed by atoms with Gasteiger partial charge in [-0.1, -0.05) is 12.1 Å². The molecule has 0 unspecified atom stereocenters. The summed E-state index contributed by atoms with van der Waals surface area (Å²) in [5.74, 6) is 0.612. The first-order chi connectivity index (χ1) is 9.04. The minimum atomic E-state index is 0.612. The SMILES string of the molecule is Cc1nc(Nc2ccc(CN(C)C)cc2)ncc1Br. The highest BCUT2D eigenvalue weighted by Gasteiger charge is 2.02. The van der Waals surface area contributed by atoms with Crippen LogP contribution in [0.4, 0.5) is 11.6 Å². The molecule has 2 aromatic rings. The van der Waals surface area contributed by atoms with Gasteiger partial charge >= 0.3 is 0 Å². The van der Waals surface area contributed by atoms with Crippen LogP contribution in [-0.2, 0) is 6.54 Å². The molecule has 1 N–H and O–H groups in total. The minimum Gasteiger partial charge on any atom is -0.324 e. The topological polar surface area (TPSA) is 41.1 Å². The van der Waals surface area contributed by atoms with E-state index in [1.807, 2.05) is 19.1 Å². The molecule has 19 heavy (non-hydrogen) atoms. The highest BCUT2D eigenvalue weighted by Crippen LogP contribution is 2.17. The number of aromatic nitrogens is 2. The Labute approximate surface area is 122 Å². The summed E-state index contributed by atoms with van der Waals surface area (Å²) in [6, 6.07) is 8.29. The third kappa shape index (κ3) is 4.01. The molecule has 0 atom stereocenters. The predicted octanol–water partition coefficient (Wildman–Crippen LogP) is 3.35. The molecule has 1 aromatic carbocycles. The van der Waals surface area contributed by atoms with E-state index in [4.69, 9.17) is 0 Å². The first kappa shape index (κ1) is 14.0. The summed E-state index contributed by atoms with van der Waals surface area (Å²) in [6.07, 6.45) is 1.76. The Hall–Kier alpha value is -1.46. The Bertz CT molecular complexity index is 552. The monoisotopic (exact) mass is 320 g/mol. The first-order valence-electron chi connectivity index (χ1n) is 6.04. The van der Waals surface area contributed by atoms with Crippen LogP contribution in [-0.4, -0.2) is 29.0 Å². The van der Waals surface area contributed by atoms with E-state index in [1.54, 1.807) is 6.20 Å². The Kier molecular flexibility index (Phi) is 4.50. The molecule has 100 valence electrons. The zero-order valence-corrected chi connectivity index (χ0v) is 12.9. The molecule has 0 radical (unpaired) electrons. The molecule has 0 amide bonds. The largest absolute Gasteiger partial charge is 0.324 e. The van der Waals surface area contributed by atoms with Crippen LogP contribution >= 0.6 is 15.9 Å². The number of hydrogen-bond acceptors (Lipinski definition) is 4. The fraction of sp³-hybridized carbons (Fsp3) is 0.286. The Morgan fingerprint density at radius 1 is 1.21 bits per heavy atom. The third-order valence-corrected chi connectivity index (χ3v) is 3.41. The van der Waals surface area contributed by atoms with Crippen molar-refractivity contribution in [3.63, 3.8) is 0 Å². The van der Waals surface area contributed by atoms with Crippen molar-refractivity contribution in [3.05, 3.63) is 46.2 Å². The number of hydrogen-bond donors (Lipinski definition) is 1. The van der Waals surface area contributed by atoms with Crippen LogP contribution in [0.15, 0.2) is 34.9 Å². The van der Waals surface area contributed by atoms with Crippen molar-refractivity contribution in [1.29, 1.82) is 0 Å². The average molecular weight is 321 g/mol. The number of benzene rings is 1. The number of anilines is 2. The number of aryl methyl sites for hydroxylation is 1. The third-order valence-electron chi connectivity index (χ3n) is 2.63. The molecule has 0 saturated carbocycles. The molecular formula is C14H17BrN4. The minimum absolute atomic E-state index is 0.612. The normalized spacial score (nSPS) is 10.8. The summed E-state index contributed by atoms with van der Waals surface area (Å²) >= 11 is 3.39. The van der Waals surface area contributed by atoms with E-state index in [0.29, 0.717) is 5.95 Å². The zero-order valence-electron chi connectivity index (χ0n) is 11.3. The van der Waals surface area contributed by atoms with Crippen LogP contribution in [0.1, 0.15) is 11.3 Å². The van der Waals surface area contributed by atoms with Crippen LogP contribution in [0.5, 0.6) is 0 Å². The molecule has 0 fully saturated rings. The standard InChI is InChI=1S/C14H17BrN4/c1-10-13(15)8-16-14(17-10)18-12-6-4-11(5-7-12)9-19(2)3/h4-8H,9H2,1-3H3,(H,16,17,18). The van der Waals surface area contributed by atoms with E-state index in [9.17, 15) is 0 Å². The molecule has 5 heteroatoms. The highest BCUT2D eigenvalue weighted by atomic mass is 79.9. The van der Waals surface area contributed by atoms with Crippen molar-refractivity contribution in [1.82, 2.24) is 14.9 Å². The van der Waals surface area contributed by atoms with Crippen LogP contribution in [0, 0.1) is 6.92 Å². The van der Waals surface area contributed by atoms with Crippen LogP contribution in [0.25, 0.3) is 0 Å². The predicted molar refractivity (Wildman–Crippen MR) is 81.6 cm³/mol. The Morgan fingerprint density at radius 2 is 1.89 bits per heavy atom. The van der Waals surface area contributed by atoms with Crippen LogP contribution in [0.3, 0.4) is 0 Å². The second-order valence-electron chi connectivity index (χ2n) is 4.69. The second kappa shape index (κ2) is 6.12. The van der Waals surface area contributed by atoms with Gasteiger partial charge in [0, 0.05) is 18.4 Å². The number of rotatable bonds is 4. The average Bonchev–Trinajstić information content (AvgIpc) is 2.36. The van der Waals surface area contributed by atoms with Gasteiger partial charge in [-0.25, -0.2) is 9.97 Å². The molecule has 0 aliphatic carbocycles. The van der Waals surface area contributed by atoms with Gasteiger partial charge in [0.05, 0.1) is 10.2 Å². The van der Waals surface area contributed by atoms with E-state index in [-0.39, 0.29) is 0 Å². The van der Waals surface area contributed by atoms with Crippen LogP contribution in [0.2, 0.25) is 0 Å². The summed E-state index contributed by atoms with van der Waals surface area (Å²) in [5, 5.41) is 3.20.